The number of carbonyl (C=O) groups is 1. The van der Waals surface area contributed by atoms with Gasteiger partial charge in [0, 0.05) is 24.9 Å². The van der Waals surface area contributed by atoms with Gasteiger partial charge in [-0.15, -0.1) is 0 Å². The van der Waals surface area contributed by atoms with Crippen LogP contribution in [-0.2, 0) is 4.79 Å². The molecule has 2 N–H and O–H groups in total. The number of amides is 1. The summed E-state index contributed by atoms with van der Waals surface area (Å²) in [6.45, 7) is 1.91. The van der Waals surface area contributed by atoms with Gasteiger partial charge in [0.25, 0.3) is 0 Å². The zero-order chi connectivity index (χ0) is 9.68. The number of anilines is 1. The van der Waals surface area contributed by atoms with Crippen LogP contribution >= 0.6 is 0 Å². The molecule has 0 unspecified atom stereocenters. The van der Waals surface area contributed by atoms with Crippen LogP contribution in [0.5, 0.6) is 0 Å². The second-order valence-corrected chi connectivity index (χ2v) is 2.72. The summed E-state index contributed by atoms with van der Waals surface area (Å²) < 4.78 is 0. The maximum atomic E-state index is 11.1. The van der Waals surface area contributed by atoms with Crippen molar-refractivity contribution in [3.63, 3.8) is 0 Å². The van der Waals surface area contributed by atoms with Gasteiger partial charge in [-0.05, 0) is 6.42 Å². The van der Waals surface area contributed by atoms with Crippen molar-refractivity contribution in [1.82, 2.24) is 4.98 Å². The summed E-state index contributed by atoms with van der Waals surface area (Å²) in [7, 11) is 0. The Kier molecular flexibility index (Phi) is 3.25. The summed E-state index contributed by atoms with van der Waals surface area (Å²) in [5.74, 6) is -0.126. The Bertz CT molecular complexity index is 343. The number of hydrogen-bond acceptors (Lipinski definition) is 2. The van der Waals surface area contributed by atoms with E-state index >= 15 is 0 Å². The maximum Gasteiger partial charge on any atom is 0.224 e. The summed E-state index contributed by atoms with van der Waals surface area (Å²) in [5, 5.41) is 2.53. The van der Waals surface area contributed by atoms with Crippen LogP contribution in [0, 0.1) is 0 Å². The molecular weight excluding hydrogens is 168 g/mol. The number of pyridine rings is 1. The minimum absolute atomic E-state index is 0.126. The minimum atomic E-state index is -0.178. The largest absolute Gasteiger partial charge is 0.366 e. The summed E-state index contributed by atoms with van der Waals surface area (Å²) in [6, 6.07) is 1.38. The lowest BCUT2D eigenvalue weighted by molar-refractivity contribution is -0.116. The highest BCUT2D eigenvalue weighted by Crippen LogP contribution is 1.97. The third kappa shape index (κ3) is 2.74. The van der Waals surface area contributed by atoms with Crippen molar-refractivity contribution in [3.8, 4) is 0 Å². The van der Waals surface area contributed by atoms with Crippen molar-refractivity contribution >= 4 is 11.6 Å². The van der Waals surface area contributed by atoms with Gasteiger partial charge in [-0.3, -0.25) is 9.59 Å². The highest BCUT2D eigenvalue weighted by atomic mass is 16.2. The van der Waals surface area contributed by atoms with Crippen molar-refractivity contribution in [1.29, 1.82) is 0 Å². The highest BCUT2D eigenvalue weighted by Gasteiger charge is 2.02. The molecule has 1 aromatic rings. The molecular formula is C9H12N2O2. The molecule has 0 aliphatic heterocycles. The lowest BCUT2D eigenvalue weighted by atomic mass is 10.3. The molecule has 0 fully saturated rings. The first-order valence-corrected chi connectivity index (χ1v) is 4.21. The third-order valence-electron chi connectivity index (χ3n) is 1.58. The first-order valence-electron chi connectivity index (χ1n) is 4.21. The van der Waals surface area contributed by atoms with Gasteiger partial charge >= 0.3 is 0 Å². The quantitative estimate of drug-likeness (QED) is 0.732. The first-order chi connectivity index (χ1) is 6.24. The van der Waals surface area contributed by atoms with Crippen molar-refractivity contribution < 1.29 is 4.79 Å². The molecule has 13 heavy (non-hydrogen) atoms. The fraction of sp³-hybridized carbons (Fsp3) is 0.333. The Morgan fingerprint density at radius 1 is 1.62 bits per heavy atom. The Morgan fingerprint density at radius 3 is 3.00 bits per heavy atom. The molecule has 4 nitrogen and oxygen atoms in total. The molecule has 0 saturated heterocycles. The molecule has 70 valence electrons. The van der Waals surface area contributed by atoms with E-state index in [0.717, 1.165) is 6.42 Å². The molecule has 1 rings (SSSR count). The predicted octanol–water partition coefficient (Wildman–Crippen LogP) is 1.11. The molecule has 4 heteroatoms. The second kappa shape index (κ2) is 4.45. The van der Waals surface area contributed by atoms with Gasteiger partial charge < -0.3 is 10.3 Å². The minimum Gasteiger partial charge on any atom is -0.366 e. The van der Waals surface area contributed by atoms with Gasteiger partial charge in [-0.2, -0.15) is 0 Å². The third-order valence-corrected chi connectivity index (χ3v) is 1.58. The normalized spacial score (nSPS) is 9.62. The molecule has 0 aromatic carbocycles. The second-order valence-electron chi connectivity index (χ2n) is 2.72. The van der Waals surface area contributed by atoms with E-state index in [9.17, 15) is 9.59 Å². The Hall–Kier alpha value is -1.58. The molecule has 0 aliphatic rings. The molecule has 0 saturated carbocycles. The van der Waals surface area contributed by atoms with Gasteiger partial charge in [-0.25, -0.2) is 0 Å². The molecule has 0 radical (unpaired) electrons. The highest BCUT2D eigenvalue weighted by molar-refractivity contribution is 5.90. The standard InChI is InChI=1S/C9H12N2O2/c1-2-3-9(13)11-7-6-10-5-4-8(7)12/h4-6H,2-3H2,1H3,(H,10,12)(H,11,13). The lowest BCUT2D eigenvalue weighted by Crippen LogP contribution is -2.17. The SMILES string of the molecule is CCCC(=O)Nc1c[nH]ccc1=O. The van der Waals surface area contributed by atoms with Gasteiger partial charge in [0.1, 0.15) is 5.69 Å². The zero-order valence-corrected chi connectivity index (χ0v) is 7.46. The monoisotopic (exact) mass is 180 g/mol. The van der Waals surface area contributed by atoms with E-state index in [1.54, 1.807) is 0 Å². The average molecular weight is 180 g/mol. The average Bonchev–Trinajstić information content (AvgIpc) is 2.09. The Balaban J connectivity index is 2.69. The van der Waals surface area contributed by atoms with Crippen LogP contribution in [0.1, 0.15) is 19.8 Å². The van der Waals surface area contributed by atoms with Crippen LogP contribution in [-0.4, -0.2) is 10.9 Å². The zero-order valence-electron chi connectivity index (χ0n) is 7.46. The summed E-state index contributed by atoms with van der Waals surface area (Å²) >= 11 is 0. The van der Waals surface area contributed by atoms with Gasteiger partial charge in [-0.1, -0.05) is 6.92 Å². The topological polar surface area (TPSA) is 62.0 Å². The molecule has 0 spiro atoms. The van der Waals surface area contributed by atoms with Crippen LogP contribution in [0.3, 0.4) is 0 Å². The first kappa shape index (κ1) is 9.51. The van der Waals surface area contributed by atoms with E-state index in [4.69, 9.17) is 0 Å². The van der Waals surface area contributed by atoms with Crippen LogP contribution in [0.25, 0.3) is 0 Å². The van der Waals surface area contributed by atoms with E-state index < -0.39 is 0 Å². The molecule has 0 aliphatic carbocycles. The van der Waals surface area contributed by atoms with Crippen LogP contribution < -0.4 is 10.7 Å². The van der Waals surface area contributed by atoms with E-state index in [2.05, 4.69) is 10.3 Å². The van der Waals surface area contributed by atoms with E-state index in [0.29, 0.717) is 12.1 Å². The van der Waals surface area contributed by atoms with Crippen LogP contribution in [0.4, 0.5) is 5.69 Å². The van der Waals surface area contributed by atoms with Crippen LogP contribution in [0.2, 0.25) is 0 Å². The molecule has 1 aromatic heterocycles. The van der Waals surface area contributed by atoms with E-state index in [-0.39, 0.29) is 11.3 Å². The number of aromatic amines is 1. The van der Waals surface area contributed by atoms with Crippen molar-refractivity contribution in [3.05, 3.63) is 28.7 Å². The van der Waals surface area contributed by atoms with Crippen LogP contribution in [0.15, 0.2) is 23.3 Å². The van der Waals surface area contributed by atoms with E-state index in [1.165, 1.54) is 18.5 Å². The lowest BCUT2D eigenvalue weighted by Gasteiger charge is -2.01. The fourth-order valence-electron chi connectivity index (χ4n) is 0.954. The number of hydrogen-bond donors (Lipinski definition) is 2. The van der Waals surface area contributed by atoms with Gasteiger partial charge in [0.05, 0.1) is 0 Å². The number of nitrogens with one attached hydrogen (secondary N) is 2. The van der Waals surface area contributed by atoms with Gasteiger partial charge in [0.2, 0.25) is 11.3 Å². The smallest absolute Gasteiger partial charge is 0.224 e. The maximum absolute atomic E-state index is 11.1. The molecule has 0 atom stereocenters. The molecule has 1 amide bonds. The number of rotatable bonds is 3. The number of H-pyrrole nitrogens is 1. The van der Waals surface area contributed by atoms with Crippen molar-refractivity contribution in [2.45, 2.75) is 19.8 Å². The van der Waals surface area contributed by atoms with Gasteiger partial charge in [0.15, 0.2) is 0 Å². The summed E-state index contributed by atoms with van der Waals surface area (Å²) in [5.41, 5.74) is 0.129. The van der Waals surface area contributed by atoms with Crippen molar-refractivity contribution in [2.75, 3.05) is 5.32 Å². The molecule has 1 heterocycles. The Morgan fingerprint density at radius 2 is 2.38 bits per heavy atom. The summed E-state index contributed by atoms with van der Waals surface area (Å²) in [4.78, 5) is 25.0. The summed E-state index contributed by atoms with van der Waals surface area (Å²) in [6.07, 6.45) is 4.22. The molecule has 0 bridgehead atoms. The predicted molar refractivity (Wildman–Crippen MR) is 50.6 cm³/mol. The fourth-order valence-corrected chi connectivity index (χ4v) is 0.954. The number of carbonyl (C=O) groups excluding carboxylic acids is 1. The van der Waals surface area contributed by atoms with Crippen molar-refractivity contribution in [2.24, 2.45) is 0 Å². The number of aromatic nitrogens is 1. The Labute approximate surface area is 76.0 Å². The van der Waals surface area contributed by atoms with E-state index in [1.807, 2.05) is 6.92 Å².